The first-order valence-corrected chi connectivity index (χ1v) is 8.73. The van der Waals surface area contributed by atoms with Crippen LogP contribution in [0.15, 0.2) is 30.6 Å². The first-order valence-electron chi connectivity index (χ1n) is 7.97. The van der Waals surface area contributed by atoms with Crippen molar-refractivity contribution in [3.05, 3.63) is 52.0 Å². The van der Waals surface area contributed by atoms with Gasteiger partial charge < -0.3 is 14.8 Å². The molecule has 1 aromatic heterocycles. The molecule has 1 aliphatic heterocycles. The number of aryl methyl sites for hydroxylation is 2. The van der Waals surface area contributed by atoms with Gasteiger partial charge in [-0.2, -0.15) is 0 Å². The van der Waals surface area contributed by atoms with E-state index >= 15 is 0 Å². The quantitative estimate of drug-likeness (QED) is 0.904. The van der Waals surface area contributed by atoms with E-state index in [-0.39, 0.29) is 11.9 Å². The van der Waals surface area contributed by atoms with E-state index < -0.39 is 0 Å². The molecule has 1 atom stereocenters. The van der Waals surface area contributed by atoms with E-state index in [1.807, 2.05) is 34.8 Å². The van der Waals surface area contributed by atoms with Gasteiger partial charge in [0, 0.05) is 45.5 Å². The summed E-state index contributed by atoms with van der Waals surface area (Å²) in [6.45, 7) is 2.22. The topological polar surface area (TPSA) is 50.2 Å². The fraction of sp³-hybridized carbons (Fsp3) is 0.412. The van der Waals surface area contributed by atoms with Gasteiger partial charge in [0.25, 0.3) is 0 Å². The van der Waals surface area contributed by atoms with Gasteiger partial charge in [-0.05, 0) is 24.1 Å². The van der Waals surface area contributed by atoms with Crippen LogP contribution in [0.5, 0.6) is 0 Å². The van der Waals surface area contributed by atoms with Crippen molar-refractivity contribution in [2.75, 3.05) is 19.6 Å². The highest BCUT2D eigenvalue weighted by Crippen LogP contribution is 2.24. The minimum Gasteiger partial charge on any atom is -0.336 e. The Hall–Kier alpha value is -1.56. The third-order valence-corrected chi connectivity index (χ3v) is 5.07. The van der Waals surface area contributed by atoms with E-state index in [9.17, 15) is 4.79 Å². The molecule has 1 saturated heterocycles. The van der Waals surface area contributed by atoms with Crippen LogP contribution in [0.4, 0.5) is 0 Å². The fourth-order valence-corrected chi connectivity index (χ4v) is 3.34. The Balaban J connectivity index is 1.68. The van der Waals surface area contributed by atoms with Crippen LogP contribution in [0, 0.1) is 0 Å². The van der Waals surface area contributed by atoms with Crippen molar-refractivity contribution < 1.29 is 4.79 Å². The summed E-state index contributed by atoms with van der Waals surface area (Å²) < 4.78 is 1.97. The number of hydrogen-bond acceptors (Lipinski definition) is 3. The second-order valence-corrected chi connectivity index (χ2v) is 6.77. The lowest BCUT2D eigenvalue weighted by atomic mass is 10.1. The number of halogens is 2. The van der Waals surface area contributed by atoms with Gasteiger partial charge in [0.1, 0.15) is 11.9 Å². The predicted octanol–water partition coefficient (Wildman–Crippen LogP) is 2.83. The molecule has 7 heteroatoms. The van der Waals surface area contributed by atoms with Crippen molar-refractivity contribution in [2.24, 2.45) is 7.05 Å². The normalized spacial score (nSPS) is 18.0. The standard InChI is InChI=1S/C17H20Cl2N4O/c1-22-8-7-21-17(22)15-11-20-6-9-23(15)16(24)5-3-12-2-4-13(18)14(19)10-12/h2,4,7-8,10,15,20H,3,5-6,9,11H2,1H3. The molecule has 1 unspecified atom stereocenters. The molecule has 3 rings (SSSR count). The lowest BCUT2D eigenvalue weighted by Crippen LogP contribution is -2.49. The fourth-order valence-electron chi connectivity index (χ4n) is 3.02. The molecule has 2 aromatic rings. The molecular formula is C17H20Cl2N4O. The van der Waals surface area contributed by atoms with Crippen LogP contribution < -0.4 is 5.32 Å². The highest BCUT2D eigenvalue weighted by molar-refractivity contribution is 6.42. The number of amides is 1. The lowest BCUT2D eigenvalue weighted by molar-refractivity contribution is -0.134. The summed E-state index contributed by atoms with van der Waals surface area (Å²) in [5.41, 5.74) is 1.02. The minimum atomic E-state index is -0.0277. The lowest BCUT2D eigenvalue weighted by Gasteiger charge is -2.35. The van der Waals surface area contributed by atoms with Gasteiger partial charge >= 0.3 is 0 Å². The number of nitrogens with one attached hydrogen (secondary N) is 1. The molecule has 1 amide bonds. The first kappa shape index (κ1) is 17.3. The van der Waals surface area contributed by atoms with Crippen molar-refractivity contribution in [1.82, 2.24) is 19.8 Å². The third kappa shape index (κ3) is 3.74. The second kappa shape index (κ2) is 7.55. The molecule has 0 radical (unpaired) electrons. The summed E-state index contributed by atoms with van der Waals surface area (Å²) >= 11 is 12.0. The maximum atomic E-state index is 12.7. The summed E-state index contributed by atoms with van der Waals surface area (Å²) in [5.74, 6) is 1.04. The summed E-state index contributed by atoms with van der Waals surface area (Å²) in [4.78, 5) is 19.1. The molecule has 128 valence electrons. The van der Waals surface area contributed by atoms with Crippen LogP contribution >= 0.6 is 23.2 Å². The van der Waals surface area contributed by atoms with Crippen LogP contribution in [0.3, 0.4) is 0 Å². The van der Waals surface area contributed by atoms with E-state index in [1.54, 1.807) is 12.3 Å². The number of piperazine rings is 1. The number of aromatic nitrogens is 2. The summed E-state index contributed by atoms with van der Waals surface area (Å²) in [6.07, 6.45) is 4.76. The molecule has 0 bridgehead atoms. The van der Waals surface area contributed by atoms with Crippen LogP contribution in [0.25, 0.3) is 0 Å². The maximum Gasteiger partial charge on any atom is 0.223 e. The molecule has 1 aliphatic rings. The molecule has 0 aliphatic carbocycles. The Kier molecular flexibility index (Phi) is 5.43. The summed E-state index contributed by atoms with van der Waals surface area (Å²) in [7, 11) is 1.95. The number of rotatable bonds is 4. The van der Waals surface area contributed by atoms with Crippen molar-refractivity contribution in [3.63, 3.8) is 0 Å². The Morgan fingerprint density at radius 3 is 2.92 bits per heavy atom. The van der Waals surface area contributed by atoms with E-state index in [4.69, 9.17) is 23.2 Å². The molecule has 5 nitrogen and oxygen atoms in total. The van der Waals surface area contributed by atoms with Gasteiger partial charge in [-0.3, -0.25) is 4.79 Å². The molecule has 0 spiro atoms. The zero-order valence-corrected chi connectivity index (χ0v) is 15.0. The van der Waals surface area contributed by atoms with E-state index in [1.165, 1.54) is 0 Å². The SMILES string of the molecule is Cn1ccnc1C1CNCCN1C(=O)CCc1ccc(Cl)c(Cl)c1. The van der Waals surface area contributed by atoms with Crippen molar-refractivity contribution in [1.29, 1.82) is 0 Å². The van der Waals surface area contributed by atoms with Crippen molar-refractivity contribution in [3.8, 4) is 0 Å². The van der Waals surface area contributed by atoms with Gasteiger partial charge in [-0.1, -0.05) is 29.3 Å². The smallest absolute Gasteiger partial charge is 0.223 e. The highest BCUT2D eigenvalue weighted by Gasteiger charge is 2.29. The Morgan fingerprint density at radius 1 is 1.38 bits per heavy atom. The van der Waals surface area contributed by atoms with E-state index in [2.05, 4.69) is 10.3 Å². The van der Waals surface area contributed by atoms with Gasteiger partial charge in [0.2, 0.25) is 5.91 Å². The number of benzene rings is 1. The van der Waals surface area contributed by atoms with Crippen LogP contribution in [-0.4, -0.2) is 40.0 Å². The molecule has 1 fully saturated rings. The minimum absolute atomic E-state index is 0.0277. The number of imidazole rings is 1. The largest absolute Gasteiger partial charge is 0.336 e. The molecule has 0 saturated carbocycles. The van der Waals surface area contributed by atoms with Gasteiger partial charge in [-0.15, -0.1) is 0 Å². The maximum absolute atomic E-state index is 12.7. The Bertz CT molecular complexity index is 731. The number of carbonyl (C=O) groups excluding carboxylic acids is 1. The number of hydrogen-bond donors (Lipinski definition) is 1. The van der Waals surface area contributed by atoms with E-state index in [0.29, 0.717) is 29.4 Å². The number of carbonyl (C=O) groups is 1. The number of nitrogens with zero attached hydrogens (tertiary/aromatic N) is 3. The third-order valence-electron chi connectivity index (χ3n) is 4.33. The average molecular weight is 367 g/mol. The zero-order valence-electron chi connectivity index (χ0n) is 13.5. The van der Waals surface area contributed by atoms with Crippen molar-refractivity contribution in [2.45, 2.75) is 18.9 Å². The summed E-state index contributed by atoms with van der Waals surface area (Å²) in [6, 6.07) is 5.48. The van der Waals surface area contributed by atoms with Crippen LogP contribution in [0.1, 0.15) is 23.9 Å². The van der Waals surface area contributed by atoms with Gasteiger partial charge in [-0.25, -0.2) is 4.98 Å². The zero-order chi connectivity index (χ0) is 17.1. The molecule has 2 heterocycles. The van der Waals surface area contributed by atoms with E-state index in [0.717, 1.165) is 24.5 Å². The summed E-state index contributed by atoms with van der Waals surface area (Å²) in [5, 5.41) is 4.40. The highest BCUT2D eigenvalue weighted by atomic mass is 35.5. The monoisotopic (exact) mass is 366 g/mol. The molecule has 1 aromatic carbocycles. The molecule has 1 N–H and O–H groups in total. The van der Waals surface area contributed by atoms with Crippen LogP contribution in [-0.2, 0) is 18.3 Å². The Morgan fingerprint density at radius 2 is 2.21 bits per heavy atom. The first-order chi connectivity index (χ1) is 11.6. The molecular weight excluding hydrogens is 347 g/mol. The predicted molar refractivity (Wildman–Crippen MR) is 95.3 cm³/mol. The second-order valence-electron chi connectivity index (χ2n) is 5.95. The van der Waals surface area contributed by atoms with Crippen molar-refractivity contribution >= 4 is 29.1 Å². The Labute approximate surface area is 151 Å². The molecule has 24 heavy (non-hydrogen) atoms. The average Bonchev–Trinajstić information content (AvgIpc) is 3.01. The van der Waals surface area contributed by atoms with Gasteiger partial charge in [0.05, 0.1) is 10.0 Å². The van der Waals surface area contributed by atoms with Gasteiger partial charge in [0.15, 0.2) is 0 Å². The van der Waals surface area contributed by atoms with Crippen LogP contribution in [0.2, 0.25) is 10.0 Å².